The predicted molar refractivity (Wildman–Crippen MR) is 323 cm³/mol. The lowest BCUT2D eigenvalue weighted by atomic mass is 10.1. The highest BCUT2D eigenvalue weighted by Gasteiger charge is 2.30. The number of hydrogen-bond acceptors (Lipinski definition) is 21. The summed E-state index contributed by atoms with van der Waals surface area (Å²) in [5.41, 5.74) is -0.0480. The number of nitrogens with zero attached hydrogens (tertiary/aromatic N) is 8. The lowest BCUT2D eigenvalue weighted by molar-refractivity contribution is -0.140. The van der Waals surface area contributed by atoms with Gasteiger partial charge >= 0.3 is 41.8 Å². The molecule has 84 heavy (non-hydrogen) atoms. The van der Waals surface area contributed by atoms with Gasteiger partial charge in [-0.3, -0.25) is 87.1 Å². The number of aliphatic carboxylic acids is 6. The Balaban J connectivity index is 1.74. The molecule has 0 spiro atoms. The largest absolute Gasteiger partial charge is 0.480 e. The molecule has 36 heteroatoms. The normalized spacial score (nSPS) is 17.2. The Morgan fingerprint density at radius 3 is 0.845 bits per heavy atom. The van der Waals surface area contributed by atoms with Gasteiger partial charge in [0.15, 0.2) is 0 Å². The molecule has 0 aliphatic carbocycles. The van der Waals surface area contributed by atoms with Gasteiger partial charge in [-0.05, 0) is 67.8 Å². The number of carboxylic acids is 6. The summed E-state index contributed by atoms with van der Waals surface area (Å²) in [6, 6.07) is -0.852. The second kappa shape index (κ2) is 38.9. The Hall–Kier alpha value is -5.02. The van der Waals surface area contributed by atoms with Crippen LogP contribution >= 0.6 is 67.8 Å². The van der Waals surface area contributed by atoms with Gasteiger partial charge < -0.3 is 72.8 Å². The fourth-order valence-corrected chi connectivity index (χ4v) is 13.0. The van der Waals surface area contributed by atoms with Crippen molar-refractivity contribution in [3.05, 3.63) is 21.8 Å². The van der Waals surface area contributed by atoms with E-state index in [1.54, 1.807) is 39.2 Å². The summed E-state index contributed by atoms with van der Waals surface area (Å²) in [5, 5.41) is 92.1. The summed E-state index contributed by atoms with van der Waals surface area (Å²) in [6.07, 6.45) is -1.30. The van der Waals surface area contributed by atoms with E-state index in [1.165, 1.54) is 0 Å². The summed E-state index contributed by atoms with van der Waals surface area (Å²) >= 11 is 5.46. The number of aliphatic hydroxyl groups excluding tert-OH is 2. The van der Waals surface area contributed by atoms with Crippen LogP contribution in [0.4, 0.5) is 10.5 Å². The molecule has 0 saturated carbocycles. The van der Waals surface area contributed by atoms with Crippen LogP contribution in [0.2, 0.25) is 0 Å². The van der Waals surface area contributed by atoms with E-state index in [4.69, 9.17) is 0 Å². The average molecular weight is 1530 g/mol. The van der Waals surface area contributed by atoms with Gasteiger partial charge in [-0.25, -0.2) is 4.79 Å². The number of carboxylic acid groups (broad SMARTS) is 6. The third-order valence-corrected chi connectivity index (χ3v) is 16.2. The second-order valence-electron chi connectivity index (χ2n) is 19.5. The summed E-state index contributed by atoms with van der Waals surface area (Å²) in [4.78, 5) is 151. The standard InChI is InChI=1S/C48H75I3N14O19/c49-42-40(46(82)54-3-1-52-32(68)22-58-5-9-60(24-34(70)71)13-17-64(28-38(78)79)18-14-61(10-6-58)25-35(72)73)43(50)45(57-48(84)56-21-31(67)30-66)44(51)41(42)47(83)55-4-2-53-33(69)23-59-7-11-62(26-36(74)75)15-19-65(29-39(80)81)20-16-63(12-8-59)27-37(76)77/h31,66-67H,1-30H2,(H,52,68)(H,53,69)(H,54,82)(H,55,83)(H,70,71)(H,72,73)(H,74,75)(H,76,77)(H,78,79)(H,80,81)(H2,56,57,84). The van der Waals surface area contributed by atoms with Gasteiger partial charge in [0.2, 0.25) is 11.8 Å². The highest BCUT2D eigenvalue weighted by molar-refractivity contribution is 14.1. The number of nitrogens with one attached hydrogen (secondary N) is 6. The van der Waals surface area contributed by atoms with Crippen LogP contribution < -0.4 is 31.9 Å². The van der Waals surface area contributed by atoms with Crippen molar-refractivity contribution in [2.45, 2.75) is 6.10 Å². The van der Waals surface area contributed by atoms with Crippen molar-refractivity contribution in [3.8, 4) is 0 Å². The number of rotatable bonds is 28. The Morgan fingerprint density at radius 1 is 0.369 bits per heavy atom. The van der Waals surface area contributed by atoms with E-state index in [-0.39, 0.29) is 217 Å². The fourth-order valence-electron chi connectivity index (χ4n) is 8.63. The zero-order chi connectivity index (χ0) is 62.5. The van der Waals surface area contributed by atoms with E-state index in [9.17, 15) is 93.6 Å². The molecular formula is C48H75I3N14O19. The number of carbonyl (C=O) groups excluding carboxylic acids is 5. The van der Waals surface area contributed by atoms with Crippen molar-refractivity contribution in [2.24, 2.45) is 0 Å². The first-order valence-corrected chi connectivity index (χ1v) is 29.7. The molecule has 1 aromatic rings. The van der Waals surface area contributed by atoms with Crippen LogP contribution in [-0.4, -0.2) is 348 Å². The van der Waals surface area contributed by atoms with Crippen LogP contribution in [0.25, 0.3) is 0 Å². The Kier molecular flexibility index (Phi) is 33.9. The van der Waals surface area contributed by atoms with Crippen LogP contribution in [0.15, 0.2) is 0 Å². The average Bonchev–Trinajstić information content (AvgIpc) is 1.94. The van der Waals surface area contributed by atoms with Crippen molar-refractivity contribution in [1.82, 2.24) is 65.8 Å². The van der Waals surface area contributed by atoms with Gasteiger partial charge in [0.05, 0.1) is 89.0 Å². The van der Waals surface area contributed by atoms with Crippen molar-refractivity contribution in [3.63, 3.8) is 0 Å². The first kappa shape index (κ1) is 73.2. The van der Waals surface area contributed by atoms with Gasteiger partial charge in [-0.15, -0.1) is 0 Å². The molecule has 2 saturated heterocycles. The fraction of sp³-hybridized carbons (Fsp3) is 0.646. The lowest BCUT2D eigenvalue weighted by Crippen LogP contribution is -2.50. The van der Waals surface area contributed by atoms with Crippen LogP contribution in [0.1, 0.15) is 20.7 Å². The van der Waals surface area contributed by atoms with Gasteiger partial charge in [-0.1, -0.05) is 0 Å². The molecule has 1 atom stereocenters. The number of urea groups is 1. The summed E-state index contributed by atoms with van der Waals surface area (Å²) < 4.78 is 0.550. The Bertz CT molecular complexity index is 2250. The number of anilines is 1. The Labute approximate surface area is 524 Å². The van der Waals surface area contributed by atoms with Crippen molar-refractivity contribution >= 4 is 139 Å². The molecule has 3 rings (SSSR count). The minimum atomic E-state index is -1.30. The molecule has 1 unspecified atom stereocenters. The molecule has 0 bridgehead atoms. The van der Waals surface area contributed by atoms with Gasteiger partial charge in [-0.2, -0.15) is 0 Å². The molecule has 6 amide bonds. The van der Waals surface area contributed by atoms with Crippen LogP contribution in [-0.2, 0) is 38.4 Å². The molecule has 0 radical (unpaired) electrons. The lowest BCUT2D eigenvalue weighted by Gasteiger charge is -2.32. The maximum Gasteiger partial charge on any atom is 0.319 e. The minimum absolute atomic E-state index is 0.0320. The predicted octanol–water partition coefficient (Wildman–Crippen LogP) is -5.38. The molecule has 2 aliphatic heterocycles. The monoisotopic (exact) mass is 1530 g/mol. The topological polar surface area (TPSA) is 448 Å². The van der Waals surface area contributed by atoms with Crippen LogP contribution in [0.5, 0.6) is 0 Å². The maximum atomic E-state index is 14.1. The van der Waals surface area contributed by atoms with Crippen molar-refractivity contribution < 1.29 is 93.6 Å². The molecule has 2 aliphatic rings. The molecule has 2 fully saturated rings. The van der Waals surface area contributed by atoms with E-state index in [2.05, 4.69) is 31.9 Å². The van der Waals surface area contributed by atoms with E-state index in [0.717, 1.165) is 0 Å². The molecule has 33 nitrogen and oxygen atoms in total. The summed E-state index contributed by atoms with van der Waals surface area (Å²) in [7, 11) is 0. The summed E-state index contributed by atoms with van der Waals surface area (Å²) in [5.74, 6) is -8.99. The van der Waals surface area contributed by atoms with E-state index < -0.39 is 78.2 Å². The second-order valence-corrected chi connectivity index (χ2v) is 22.8. The SMILES string of the molecule is O=C(O)CN1CCN(CC(=O)O)CCN(CC(=O)NCCNC(=O)c2c(I)c(NC(=O)NCC(O)CO)c(I)c(C(=O)NCCNC(=O)CN3CCN(CC(=O)O)CCN(CC(=O)O)CCN(CC(=O)O)CC3)c2I)CCN(CC(=O)O)CC1. The highest BCUT2D eigenvalue weighted by atomic mass is 127. The van der Waals surface area contributed by atoms with Crippen molar-refractivity contribution in [2.75, 3.05) is 202 Å². The third-order valence-electron chi connectivity index (χ3n) is 12.9. The highest BCUT2D eigenvalue weighted by Crippen LogP contribution is 2.36. The molecule has 472 valence electrons. The third kappa shape index (κ3) is 28.9. The van der Waals surface area contributed by atoms with Gasteiger partial charge in [0, 0.05) is 141 Å². The number of halogens is 3. The van der Waals surface area contributed by atoms with Crippen LogP contribution in [0, 0.1) is 10.7 Å². The number of hydrogen-bond donors (Lipinski definition) is 14. The zero-order valence-electron chi connectivity index (χ0n) is 46.1. The van der Waals surface area contributed by atoms with Gasteiger partial charge in [0.1, 0.15) is 0 Å². The molecule has 2 heterocycles. The van der Waals surface area contributed by atoms with E-state index >= 15 is 0 Å². The Morgan fingerprint density at radius 2 is 0.607 bits per heavy atom. The molecule has 0 aromatic heterocycles. The molecule has 14 N–H and O–H groups in total. The quantitative estimate of drug-likeness (QED) is 0.0275. The number of amides is 6. The molecular weight excluding hydrogens is 1460 g/mol. The maximum absolute atomic E-state index is 14.1. The minimum Gasteiger partial charge on any atom is -0.480 e. The number of benzene rings is 1. The first-order chi connectivity index (χ1) is 39.7. The summed E-state index contributed by atoms with van der Waals surface area (Å²) in [6.45, 7) is -0.864. The van der Waals surface area contributed by atoms with E-state index in [0.29, 0.717) is 0 Å². The van der Waals surface area contributed by atoms with E-state index in [1.807, 2.05) is 67.8 Å². The smallest absolute Gasteiger partial charge is 0.319 e. The first-order valence-electron chi connectivity index (χ1n) is 26.5. The van der Waals surface area contributed by atoms with Crippen molar-refractivity contribution in [1.29, 1.82) is 0 Å². The zero-order valence-corrected chi connectivity index (χ0v) is 52.5. The van der Waals surface area contributed by atoms with Gasteiger partial charge in [0.25, 0.3) is 11.8 Å². The van der Waals surface area contributed by atoms with Crippen LogP contribution in [0.3, 0.4) is 0 Å². The number of carbonyl (C=O) groups is 11. The molecule has 1 aromatic carbocycles. The number of aliphatic hydroxyl groups is 2.